The molecule has 1 saturated heterocycles. The van der Waals surface area contributed by atoms with Crippen molar-refractivity contribution >= 4 is 0 Å². The Morgan fingerprint density at radius 3 is 2.86 bits per heavy atom. The van der Waals surface area contributed by atoms with Crippen LogP contribution in [0.15, 0.2) is 11.6 Å². The van der Waals surface area contributed by atoms with Crippen molar-refractivity contribution in [2.24, 2.45) is 5.92 Å². The van der Waals surface area contributed by atoms with E-state index in [1.54, 1.807) is 0 Å². The van der Waals surface area contributed by atoms with Gasteiger partial charge >= 0.3 is 0 Å². The topological polar surface area (TPSA) is 21.3 Å². The molecule has 1 atom stereocenters. The van der Waals surface area contributed by atoms with Gasteiger partial charge in [0, 0.05) is 13.2 Å². The molecule has 0 aromatic carbocycles. The van der Waals surface area contributed by atoms with Gasteiger partial charge in [-0.15, -0.1) is 0 Å². The average Bonchev–Trinajstić information content (AvgIpc) is 2.64. The molecule has 1 unspecified atom stereocenters. The van der Waals surface area contributed by atoms with Gasteiger partial charge in [0.1, 0.15) is 0 Å². The molecule has 14 heavy (non-hydrogen) atoms. The van der Waals surface area contributed by atoms with Crippen LogP contribution in [0.5, 0.6) is 0 Å². The molecule has 2 nitrogen and oxygen atoms in total. The third-order valence-corrected chi connectivity index (χ3v) is 2.69. The van der Waals surface area contributed by atoms with E-state index in [0.29, 0.717) is 12.0 Å². The maximum absolute atomic E-state index is 5.61. The Morgan fingerprint density at radius 1 is 1.57 bits per heavy atom. The predicted octanol–water partition coefficient (Wildman–Crippen LogP) is 2.36. The fraction of sp³-hybridized carbons (Fsp3) is 0.833. The van der Waals surface area contributed by atoms with Gasteiger partial charge < -0.3 is 10.1 Å². The minimum Gasteiger partial charge on any atom is -0.374 e. The Morgan fingerprint density at radius 2 is 2.36 bits per heavy atom. The molecule has 1 heterocycles. The lowest BCUT2D eigenvalue weighted by atomic mass is 10.0. The Kier molecular flexibility index (Phi) is 5.20. The van der Waals surface area contributed by atoms with Gasteiger partial charge in [0.25, 0.3) is 0 Å². The molecule has 0 amide bonds. The number of hydrogen-bond acceptors (Lipinski definition) is 2. The van der Waals surface area contributed by atoms with E-state index < -0.39 is 0 Å². The second-order valence-electron chi connectivity index (χ2n) is 4.23. The Bertz CT molecular complexity index is 181. The summed E-state index contributed by atoms with van der Waals surface area (Å²) in [7, 11) is 0. The van der Waals surface area contributed by atoms with E-state index in [1.165, 1.54) is 18.4 Å². The van der Waals surface area contributed by atoms with Crippen LogP contribution in [0.25, 0.3) is 0 Å². The molecule has 1 aliphatic rings. The normalized spacial score (nSPS) is 23.4. The van der Waals surface area contributed by atoms with Crippen molar-refractivity contribution in [3.63, 3.8) is 0 Å². The maximum Gasteiger partial charge on any atom is 0.0759 e. The molecular weight excluding hydrogens is 174 g/mol. The van der Waals surface area contributed by atoms with Crippen LogP contribution in [0.1, 0.15) is 33.6 Å². The average molecular weight is 197 g/mol. The van der Waals surface area contributed by atoms with Gasteiger partial charge in [-0.05, 0) is 25.3 Å². The molecule has 1 fully saturated rings. The van der Waals surface area contributed by atoms with Crippen LogP contribution < -0.4 is 5.32 Å². The summed E-state index contributed by atoms with van der Waals surface area (Å²) in [6, 6.07) is 0. The van der Waals surface area contributed by atoms with Crippen LogP contribution >= 0.6 is 0 Å². The smallest absolute Gasteiger partial charge is 0.0759 e. The molecule has 0 aromatic heterocycles. The summed E-state index contributed by atoms with van der Waals surface area (Å²) in [6.45, 7) is 9.62. The van der Waals surface area contributed by atoms with Crippen molar-refractivity contribution in [3.8, 4) is 0 Å². The predicted molar refractivity (Wildman–Crippen MR) is 60.4 cm³/mol. The zero-order chi connectivity index (χ0) is 10.4. The second kappa shape index (κ2) is 6.20. The standard InChI is InChI=1S/C12H23NO/c1-4-13-9-11(10(2)3)8-12-6-5-7-14-12/h8,10,12-13H,4-7,9H2,1-3H3. The highest BCUT2D eigenvalue weighted by Crippen LogP contribution is 2.18. The van der Waals surface area contributed by atoms with E-state index in [-0.39, 0.29) is 0 Å². The summed E-state index contributed by atoms with van der Waals surface area (Å²) >= 11 is 0. The third kappa shape index (κ3) is 3.81. The summed E-state index contributed by atoms with van der Waals surface area (Å²) in [4.78, 5) is 0. The van der Waals surface area contributed by atoms with Gasteiger partial charge in [-0.1, -0.05) is 32.4 Å². The first-order chi connectivity index (χ1) is 6.74. The van der Waals surface area contributed by atoms with Gasteiger partial charge in [-0.3, -0.25) is 0 Å². The van der Waals surface area contributed by atoms with Gasteiger partial charge in [-0.2, -0.15) is 0 Å². The molecule has 0 radical (unpaired) electrons. The van der Waals surface area contributed by atoms with Gasteiger partial charge in [0.05, 0.1) is 6.10 Å². The van der Waals surface area contributed by atoms with Crippen molar-refractivity contribution in [2.45, 2.75) is 39.7 Å². The molecule has 1 aliphatic heterocycles. The molecule has 82 valence electrons. The summed E-state index contributed by atoms with van der Waals surface area (Å²) < 4.78 is 5.61. The van der Waals surface area contributed by atoms with E-state index in [9.17, 15) is 0 Å². The lowest BCUT2D eigenvalue weighted by Crippen LogP contribution is -2.20. The van der Waals surface area contributed by atoms with E-state index in [2.05, 4.69) is 32.2 Å². The molecule has 0 aromatic rings. The van der Waals surface area contributed by atoms with Gasteiger partial charge in [0.15, 0.2) is 0 Å². The Balaban J connectivity index is 2.46. The monoisotopic (exact) mass is 197 g/mol. The molecular formula is C12H23NO. The van der Waals surface area contributed by atoms with Crippen molar-refractivity contribution in [1.82, 2.24) is 5.32 Å². The second-order valence-corrected chi connectivity index (χ2v) is 4.23. The maximum atomic E-state index is 5.61. The van der Waals surface area contributed by atoms with Crippen LogP contribution in [0.3, 0.4) is 0 Å². The van der Waals surface area contributed by atoms with Crippen LogP contribution in [0, 0.1) is 5.92 Å². The van der Waals surface area contributed by atoms with Crippen molar-refractivity contribution in [1.29, 1.82) is 0 Å². The largest absolute Gasteiger partial charge is 0.374 e. The fourth-order valence-corrected chi connectivity index (χ4v) is 1.70. The Labute approximate surface area is 87.7 Å². The van der Waals surface area contributed by atoms with E-state index >= 15 is 0 Å². The molecule has 0 spiro atoms. The summed E-state index contributed by atoms with van der Waals surface area (Å²) in [5, 5.41) is 3.38. The first-order valence-corrected chi connectivity index (χ1v) is 5.77. The highest BCUT2D eigenvalue weighted by atomic mass is 16.5. The minimum atomic E-state index is 0.381. The fourth-order valence-electron chi connectivity index (χ4n) is 1.70. The highest BCUT2D eigenvalue weighted by molar-refractivity contribution is 5.10. The lowest BCUT2D eigenvalue weighted by Gasteiger charge is -2.14. The van der Waals surface area contributed by atoms with Crippen LogP contribution in [-0.4, -0.2) is 25.8 Å². The zero-order valence-electron chi connectivity index (χ0n) is 9.68. The van der Waals surface area contributed by atoms with E-state index in [0.717, 1.165) is 19.7 Å². The molecule has 1 rings (SSSR count). The molecule has 2 heteroatoms. The quantitative estimate of drug-likeness (QED) is 0.683. The minimum absolute atomic E-state index is 0.381. The number of ether oxygens (including phenoxy) is 1. The Hall–Kier alpha value is -0.340. The van der Waals surface area contributed by atoms with Crippen molar-refractivity contribution in [3.05, 3.63) is 11.6 Å². The van der Waals surface area contributed by atoms with E-state index in [4.69, 9.17) is 4.74 Å². The van der Waals surface area contributed by atoms with Gasteiger partial charge in [-0.25, -0.2) is 0 Å². The summed E-state index contributed by atoms with van der Waals surface area (Å²) in [5.41, 5.74) is 1.48. The molecule has 0 bridgehead atoms. The van der Waals surface area contributed by atoms with E-state index in [1.807, 2.05) is 0 Å². The number of hydrogen-bond donors (Lipinski definition) is 1. The first kappa shape index (κ1) is 11.7. The SMILES string of the molecule is CCNCC(=CC1CCCO1)C(C)C. The number of rotatable bonds is 5. The van der Waals surface area contributed by atoms with Crippen molar-refractivity contribution in [2.75, 3.05) is 19.7 Å². The van der Waals surface area contributed by atoms with Crippen LogP contribution in [0.2, 0.25) is 0 Å². The summed E-state index contributed by atoms with van der Waals surface area (Å²) in [5.74, 6) is 0.623. The molecule has 0 saturated carbocycles. The summed E-state index contributed by atoms with van der Waals surface area (Å²) in [6.07, 6.45) is 5.11. The molecule has 0 aliphatic carbocycles. The number of likely N-dealkylation sites (N-methyl/N-ethyl adjacent to an activating group) is 1. The third-order valence-electron chi connectivity index (χ3n) is 2.69. The zero-order valence-corrected chi connectivity index (χ0v) is 9.68. The van der Waals surface area contributed by atoms with Gasteiger partial charge in [0.2, 0.25) is 0 Å². The number of nitrogens with one attached hydrogen (secondary N) is 1. The van der Waals surface area contributed by atoms with Crippen molar-refractivity contribution < 1.29 is 4.74 Å². The first-order valence-electron chi connectivity index (χ1n) is 5.77. The highest BCUT2D eigenvalue weighted by Gasteiger charge is 2.14. The molecule has 1 N–H and O–H groups in total. The van der Waals surface area contributed by atoms with Crippen LogP contribution in [-0.2, 0) is 4.74 Å². The lowest BCUT2D eigenvalue weighted by molar-refractivity contribution is 0.144. The van der Waals surface area contributed by atoms with Crippen LogP contribution in [0.4, 0.5) is 0 Å².